The zero-order valence-electron chi connectivity index (χ0n) is 8.79. The summed E-state index contributed by atoms with van der Waals surface area (Å²) >= 11 is 0. The van der Waals surface area contributed by atoms with E-state index in [0.717, 1.165) is 5.56 Å². The molecule has 0 spiro atoms. The fraction of sp³-hybridized carbons (Fsp3) is 0. The van der Waals surface area contributed by atoms with E-state index < -0.39 is 5.97 Å². The molecule has 0 bridgehead atoms. The molecule has 17 heavy (non-hydrogen) atoms. The summed E-state index contributed by atoms with van der Waals surface area (Å²) in [7, 11) is 0. The second kappa shape index (κ2) is 4.17. The molecule has 4 nitrogen and oxygen atoms in total. The minimum atomic E-state index is -1.18. The zero-order valence-corrected chi connectivity index (χ0v) is 8.79. The van der Waals surface area contributed by atoms with Gasteiger partial charge in [0.05, 0.1) is 0 Å². The number of phenolic OH excluding ortho intramolecular Hbond substituents is 1. The number of hydrogen-bond acceptors (Lipinski definition) is 3. The highest BCUT2D eigenvalue weighted by molar-refractivity contribution is 5.92. The van der Waals surface area contributed by atoms with Gasteiger partial charge in [0, 0.05) is 0 Å². The summed E-state index contributed by atoms with van der Waals surface area (Å²) in [6, 6.07) is 10.7. The minimum Gasteiger partial charge on any atom is -0.508 e. The van der Waals surface area contributed by atoms with Gasteiger partial charge in [-0.25, -0.2) is 4.79 Å². The quantitative estimate of drug-likeness (QED) is 0.740. The smallest absolute Gasteiger partial charge is 0.339 e. The van der Waals surface area contributed by atoms with E-state index in [9.17, 15) is 9.90 Å². The molecule has 3 N–H and O–H groups in total. The van der Waals surface area contributed by atoms with Gasteiger partial charge in [-0.05, 0) is 35.4 Å². The normalized spacial score (nSPS) is 10.1. The summed E-state index contributed by atoms with van der Waals surface area (Å²) in [5.41, 5.74) is 1.29. The van der Waals surface area contributed by atoms with Crippen LogP contribution in [0, 0.1) is 0 Å². The standard InChI is InChI=1S/C13H10O4/c14-10-4-1-8(2-5-10)9-3-6-12(15)11(7-9)13(16)17/h1-7,14-15H,(H,16,17). The lowest BCUT2D eigenvalue weighted by Gasteiger charge is -2.05. The van der Waals surface area contributed by atoms with Crippen LogP contribution < -0.4 is 0 Å². The van der Waals surface area contributed by atoms with Crippen molar-refractivity contribution < 1.29 is 20.1 Å². The number of phenols is 2. The fourth-order valence-corrected chi connectivity index (χ4v) is 1.54. The lowest BCUT2D eigenvalue weighted by Crippen LogP contribution is -1.96. The molecule has 4 heteroatoms. The van der Waals surface area contributed by atoms with Crippen molar-refractivity contribution in [3.63, 3.8) is 0 Å². The third-order valence-electron chi connectivity index (χ3n) is 2.43. The number of aromatic hydroxyl groups is 2. The van der Waals surface area contributed by atoms with Gasteiger partial charge in [0.2, 0.25) is 0 Å². The maximum absolute atomic E-state index is 10.9. The minimum absolute atomic E-state index is 0.143. The van der Waals surface area contributed by atoms with Crippen molar-refractivity contribution in [3.8, 4) is 22.6 Å². The van der Waals surface area contributed by atoms with E-state index in [1.807, 2.05) is 0 Å². The number of rotatable bonds is 2. The molecule has 0 aromatic heterocycles. The van der Waals surface area contributed by atoms with E-state index in [-0.39, 0.29) is 17.1 Å². The molecular formula is C13H10O4. The topological polar surface area (TPSA) is 77.8 Å². The lowest BCUT2D eigenvalue weighted by molar-refractivity contribution is 0.0694. The van der Waals surface area contributed by atoms with Crippen LogP contribution in [0.2, 0.25) is 0 Å². The van der Waals surface area contributed by atoms with Crippen molar-refractivity contribution >= 4 is 5.97 Å². The molecule has 0 aliphatic rings. The monoisotopic (exact) mass is 230 g/mol. The first-order valence-electron chi connectivity index (χ1n) is 4.93. The summed E-state index contributed by atoms with van der Waals surface area (Å²) in [4.78, 5) is 10.9. The van der Waals surface area contributed by atoms with E-state index in [1.165, 1.54) is 24.3 Å². The average molecular weight is 230 g/mol. The van der Waals surface area contributed by atoms with Crippen LogP contribution in [0.5, 0.6) is 11.5 Å². The average Bonchev–Trinajstić information content (AvgIpc) is 2.30. The van der Waals surface area contributed by atoms with Gasteiger partial charge in [0.15, 0.2) is 0 Å². The molecule has 2 aromatic rings. The van der Waals surface area contributed by atoms with Crippen LogP contribution in [-0.2, 0) is 0 Å². The van der Waals surface area contributed by atoms with Crippen molar-refractivity contribution in [3.05, 3.63) is 48.0 Å². The van der Waals surface area contributed by atoms with E-state index in [4.69, 9.17) is 10.2 Å². The number of carbonyl (C=O) groups is 1. The molecule has 0 unspecified atom stereocenters. The van der Waals surface area contributed by atoms with Gasteiger partial charge in [-0.3, -0.25) is 0 Å². The van der Waals surface area contributed by atoms with Crippen molar-refractivity contribution in [1.29, 1.82) is 0 Å². The maximum Gasteiger partial charge on any atom is 0.339 e. The fourth-order valence-electron chi connectivity index (χ4n) is 1.54. The van der Waals surface area contributed by atoms with Crippen molar-refractivity contribution in [1.82, 2.24) is 0 Å². The number of carboxylic acid groups (broad SMARTS) is 1. The van der Waals surface area contributed by atoms with E-state index >= 15 is 0 Å². The molecule has 2 aromatic carbocycles. The Morgan fingerprint density at radius 2 is 1.47 bits per heavy atom. The zero-order chi connectivity index (χ0) is 12.4. The van der Waals surface area contributed by atoms with Crippen molar-refractivity contribution in [2.75, 3.05) is 0 Å². The van der Waals surface area contributed by atoms with Gasteiger partial charge < -0.3 is 15.3 Å². The first kappa shape index (κ1) is 11.0. The number of aromatic carboxylic acids is 1. The molecule has 0 fully saturated rings. The molecule has 2 rings (SSSR count). The number of benzene rings is 2. The summed E-state index contributed by atoms with van der Waals surface area (Å²) in [5, 5.41) is 27.4. The third kappa shape index (κ3) is 2.20. The second-order valence-electron chi connectivity index (χ2n) is 3.58. The van der Waals surface area contributed by atoms with Gasteiger partial charge >= 0.3 is 5.97 Å². The summed E-state index contributed by atoms with van der Waals surface area (Å²) < 4.78 is 0. The van der Waals surface area contributed by atoms with Crippen LogP contribution in [0.15, 0.2) is 42.5 Å². The molecule has 0 atom stereocenters. The Hall–Kier alpha value is -2.49. The van der Waals surface area contributed by atoms with Gasteiger partial charge in [-0.15, -0.1) is 0 Å². The largest absolute Gasteiger partial charge is 0.508 e. The van der Waals surface area contributed by atoms with E-state index in [2.05, 4.69) is 0 Å². The van der Waals surface area contributed by atoms with E-state index in [0.29, 0.717) is 5.56 Å². The number of carboxylic acids is 1. The molecular weight excluding hydrogens is 220 g/mol. The predicted octanol–water partition coefficient (Wildman–Crippen LogP) is 2.46. The Kier molecular flexibility index (Phi) is 2.70. The van der Waals surface area contributed by atoms with Gasteiger partial charge in [0.1, 0.15) is 17.1 Å². The Bertz CT molecular complexity index is 558. The molecule has 0 radical (unpaired) electrons. The molecule has 0 amide bonds. The molecule has 0 aliphatic heterocycles. The molecule has 0 saturated heterocycles. The van der Waals surface area contributed by atoms with Crippen molar-refractivity contribution in [2.24, 2.45) is 0 Å². The Balaban J connectivity index is 2.50. The summed E-state index contributed by atoms with van der Waals surface area (Å²) in [6.07, 6.45) is 0. The highest BCUT2D eigenvalue weighted by Crippen LogP contribution is 2.27. The Morgan fingerprint density at radius 1 is 0.882 bits per heavy atom. The summed E-state index contributed by atoms with van der Waals surface area (Å²) in [6.45, 7) is 0. The Labute approximate surface area is 97.4 Å². The van der Waals surface area contributed by atoms with Gasteiger partial charge in [-0.2, -0.15) is 0 Å². The van der Waals surface area contributed by atoms with Crippen LogP contribution in [0.3, 0.4) is 0 Å². The third-order valence-corrected chi connectivity index (χ3v) is 2.43. The molecule has 0 saturated carbocycles. The molecule has 0 heterocycles. The lowest BCUT2D eigenvalue weighted by atomic mass is 10.0. The SMILES string of the molecule is O=C(O)c1cc(-c2ccc(O)cc2)ccc1O. The molecule has 86 valence electrons. The van der Waals surface area contributed by atoms with Crippen LogP contribution >= 0.6 is 0 Å². The molecule has 0 aliphatic carbocycles. The van der Waals surface area contributed by atoms with Crippen molar-refractivity contribution in [2.45, 2.75) is 0 Å². The predicted molar refractivity (Wildman–Crippen MR) is 62.2 cm³/mol. The number of hydrogen-bond donors (Lipinski definition) is 3. The maximum atomic E-state index is 10.9. The van der Waals surface area contributed by atoms with Gasteiger partial charge in [-0.1, -0.05) is 18.2 Å². The first-order chi connectivity index (χ1) is 8.08. The Morgan fingerprint density at radius 3 is 2.06 bits per heavy atom. The summed E-state index contributed by atoms with van der Waals surface area (Å²) in [5.74, 6) is -1.30. The van der Waals surface area contributed by atoms with Crippen LogP contribution in [0.25, 0.3) is 11.1 Å². The van der Waals surface area contributed by atoms with Crippen LogP contribution in [0.1, 0.15) is 10.4 Å². The van der Waals surface area contributed by atoms with Gasteiger partial charge in [0.25, 0.3) is 0 Å². The van der Waals surface area contributed by atoms with E-state index in [1.54, 1.807) is 18.2 Å². The van der Waals surface area contributed by atoms with Crippen LogP contribution in [0.4, 0.5) is 0 Å². The second-order valence-corrected chi connectivity index (χ2v) is 3.58. The highest BCUT2D eigenvalue weighted by atomic mass is 16.4. The first-order valence-corrected chi connectivity index (χ1v) is 4.93. The van der Waals surface area contributed by atoms with Crippen LogP contribution in [-0.4, -0.2) is 21.3 Å². The highest BCUT2D eigenvalue weighted by Gasteiger charge is 2.10.